The summed E-state index contributed by atoms with van der Waals surface area (Å²) in [5.41, 5.74) is 2.47. The zero-order chi connectivity index (χ0) is 16.5. The molecule has 118 valence electrons. The number of rotatable bonds is 5. The molecule has 2 rings (SSSR count). The SMILES string of the molecule is Cc1cc(CNS(=O)(=O)c2cc(C(=O)O)ccc2Cl)c(C)[nH]1. The molecular formula is C14H15ClN2O4S. The molecule has 0 aliphatic rings. The van der Waals surface area contributed by atoms with Gasteiger partial charge in [-0.1, -0.05) is 11.6 Å². The van der Waals surface area contributed by atoms with Crippen LogP contribution in [0.5, 0.6) is 0 Å². The number of hydrogen-bond donors (Lipinski definition) is 3. The number of aromatic nitrogens is 1. The molecule has 6 nitrogen and oxygen atoms in total. The number of carboxylic acid groups (broad SMARTS) is 1. The molecule has 2 aromatic rings. The van der Waals surface area contributed by atoms with E-state index in [0.717, 1.165) is 23.0 Å². The van der Waals surface area contributed by atoms with Gasteiger partial charge in [0.2, 0.25) is 10.0 Å². The lowest BCUT2D eigenvalue weighted by Crippen LogP contribution is -2.24. The summed E-state index contributed by atoms with van der Waals surface area (Å²) in [7, 11) is -3.91. The van der Waals surface area contributed by atoms with Crippen LogP contribution in [-0.2, 0) is 16.6 Å². The number of aromatic carboxylic acids is 1. The van der Waals surface area contributed by atoms with E-state index in [1.807, 2.05) is 19.9 Å². The Bertz CT molecular complexity index is 827. The Morgan fingerprint density at radius 2 is 2.00 bits per heavy atom. The normalized spacial score (nSPS) is 11.6. The van der Waals surface area contributed by atoms with Crippen LogP contribution in [0.2, 0.25) is 5.02 Å². The second kappa shape index (κ2) is 6.12. The highest BCUT2D eigenvalue weighted by atomic mass is 35.5. The quantitative estimate of drug-likeness (QED) is 0.777. The molecule has 22 heavy (non-hydrogen) atoms. The lowest BCUT2D eigenvalue weighted by atomic mass is 10.2. The van der Waals surface area contributed by atoms with Gasteiger partial charge in [-0.05, 0) is 43.7 Å². The maximum Gasteiger partial charge on any atom is 0.335 e. The molecule has 8 heteroatoms. The fourth-order valence-electron chi connectivity index (χ4n) is 2.06. The maximum absolute atomic E-state index is 12.3. The number of nitrogens with one attached hydrogen (secondary N) is 2. The Morgan fingerprint density at radius 3 is 2.55 bits per heavy atom. The van der Waals surface area contributed by atoms with Crippen molar-refractivity contribution >= 4 is 27.6 Å². The van der Waals surface area contributed by atoms with Gasteiger partial charge >= 0.3 is 5.97 Å². The van der Waals surface area contributed by atoms with E-state index in [-0.39, 0.29) is 22.0 Å². The second-order valence-corrected chi connectivity index (χ2v) is 7.02. The fourth-order valence-corrected chi connectivity index (χ4v) is 3.59. The molecule has 0 saturated heterocycles. The number of halogens is 1. The molecule has 0 spiro atoms. The number of carboxylic acids is 1. The smallest absolute Gasteiger partial charge is 0.335 e. The molecule has 0 bridgehead atoms. The van der Waals surface area contributed by atoms with Gasteiger partial charge in [-0.15, -0.1) is 0 Å². The number of sulfonamides is 1. The molecule has 0 amide bonds. The summed E-state index contributed by atoms with van der Waals surface area (Å²) in [6.45, 7) is 3.80. The molecule has 0 aliphatic heterocycles. The van der Waals surface area contributed by atoms with Gasteiger partial charge in [-0.3, -0.25) is 0 Å². The Balaban J connectivity index is 2.29. The predicted octanol–water partition coefficient (Wildman–Crippen LogP) is 2.46. The van der Waals surface area contributed by atoms with Crippen LogP contribution >= 0.6 is 11.6 Å². The van der Waals surface area contributed by atoms with Crippen molar-refractivity contribution in [3.63, 3.8) is 0 Å². The average Bonchev–Trinajstić information content (AvgIpc) is 2.75. The molecule has 0 unspecified atom stereocenters. The largest absolute Gasteiger partial charge is 0.478 e. The van der Waals surface area contributed by atoms with Gasteiger partial charge in [0.05, 0.1) is 10.6 Å². The minimum atomic E-state index is -3.91. The van der Waals surface area contributed by atoms with Crippen molar-refractivity contribution in [1.82, 2.24) is 9.71 Å². The van der Waals surface area contributed by atoms with Crippen LogP contribution in [0.3, 0.4) is 0 Å². The van der Waals surface area contributed by atoms with Gasteiger partial charge in [0, 0.05) is 17.9 Å². The second-order valence-electron chi connectivity index (χ2n) is 4.88. The van der Waals surface area contributed by atoms with Crippen LogP contribution in [0.15, 0.2) is 29.2 Å². The monoisotopic (exact) mass is 342 g/mol. The molecule has 1 aromatic heterocycles. The fraction of sp³-hybridized carbons (Fsp3) is 0.214. The third kappa shape index (κ3) is 3.49. The van der Waals surface area contributed by atoms with Crippen molar-refractivity contribution in [2.75, 3.05) is 0 Å². The zero-order valence-electron chi connectivity index (χ0n) is 12.0. The van der Waals surface area contributed by atoms with Crippen LogP contribution in [0, 0.1) is 13.8 Å². The van der Waals surface area contributed by atoms with Gasteiger partial charge in [-0.25, -0.2) is 17.9 Å². The van der Waals surface area contributed by atoms with Crippen molar-refractivity contribution < 1.29 is 18.3 Å². The first-order chi connectivity index (χ1) is 10.2. The van der Waals surface area contributed by atoms with E-state index in [0.29, 0.717) is 0 Å². The summed E-state index contributed by atoms with van der Waals surface area (Å²) in [4.78, 5) is 13.8. The van der Waals surface area contributed by atoms with Crippen molar-refractivity contribution in [2.45, 2.75) is 25.3 Å². The minimum Gasteiger partial charge on any atom is -0.478 e. The van der Waals surface area contributed by atoms with Crippen LogP contribution in [0.25, 0.3) is 0 Å². The van der Waals surface area contributed by atoms with Gasteiger partial charge in [0.25, 0.3) is 0 Å². The number of benzene rings is 1. The summed E-state index contributed by atoms with van der Waals surface area (Å²) in [5.74, 6) is -1.22. The topological polar surface area (TPSA) is 99.3 Å². The average molecular weight is 343 g/mol. The Hall–Kier alpha value is -1.83. The van der Waals surface area contributed by atoms with Crippen molar-refractivity contribution in [2.24, 2.45) is 0 Å². The third-order valence-electron chi connectivity index (χ3n) is 3.18. The van der Waals surface area contributed by atoms with E-state index in [2.05, 4.69) is 9.71 Å². The highest BCUT2D eigenvalue weighted by Crippen LogP contribution is 2.23. The first kappa shape index (κ1) is 16.5. The minimum absolute atomic E-state index is 0.0283. The Morgan fingerprint density at radius 1 is 1.32 bits per heavy atom. The molecule has 0 fully saturated rings. The van der Waals surface area contributed by atoms with Crippen molar-refractivity contribution in [1.29, 1.82) is 0 Å². The van der Waals surface area contributed by atoms with Gasteiger partial charge < -0.3 is 10.1 Å². The first-order valence-electron chi connectivity index (χ1n) is 6.38. The predicted molar refractivity (Wildman–Crippen MR) is 82.7 cm³/mol. The summed E-state index contributed by atoms with van der Waals surface area (Å²) < 4.78 is 27.1. The van der Waals surface area contributed by atoms with E-state index in [1.165, 1.54) is 12.1 Å². The van der Waals surface area contributed by atoms with E-state index in [1.54, 1.807) is 0 Å². The van der Waals surface area contributed by atoms with E-state index < -0.39 is 16.0 Å². The summed E-state index contributed by atoms with van der Waals surface area (Å²) >= 11 is 5.88. The number of carbonyl (C=O) groups is 1. The molecule has 3 N–H and O–H groups in total. The van der Waals surface area contributed by atoms with Crippen molar-refractivity contribution in [3.05, 3.63) is 51.8 Å². The summed E-state index contributed by atoms with van der Waals surface area (Å²) in [5, 5.41) is 8.92. The van der Waals surface area contributed by atoms with Crippen LogP contribution in [-0.4, -0.2) is 24.5 Å². The number of aromatic amines is 1. The third-order valence-corrected chi connectivity index (χ3v) is 5.06. The highest BCUT2D eigenvalue weighted by molar-refractivity contribution is 7.89. The molecule has 0 atom stereocenters. The molecule has 0 saturated carbocycles. The van der Waals surface area contributed by atoms with Crippen LogP contribution < -0.4 is 4.72 Å². The number of H-pyrrole nitrogens is 1. The van der Waals surface area contributed by atoms with Gasteiger partial charge in [0.15, 0.2) is 0 Å². The Kier molecular flexibility index (Phi) is 4.60. The van der Waals surface area contributed by atoms with Crippen molar-refractivity contribution in [3.8, 4) is 0 Å². The molecule has 0 radical (unpaired) electrons. The van der Waals surface area contributed by atoms with E-state index in [4.69, 9.17) is 16.7 Å². The molecule has 1 aromatic carbocycles. The molecular weight excluding hydrogens is 328 g/mol. The molecule has 0 aliphatic carbocycles. The zero-order valence-corrected chi connectivity index (χ0v) is 13.5. The highest BCUT2D eigenvalue weighted by Gasteiger charge is 2.20. The maximum atomic E-state index is 12.3. The number of hydrogen-bond acceptors (Lipinski definition) is 3. The lowest BCUT2D eigenvalue weighted by molar-refractivity contribution is 0.0696. The van der Waals surface area contributed by atoms with E-state index in [9.17, 15) is 13.2 Å². The Labute approximate surface area is 133 Å². The standard InChI is InChI=1S/C14H15ClN2O4S/c1-8-5-11(9(2)17-8)7-16-22(20,21)13-6-10(14(18)19)3-4-12(13)15/h3-6,16-17H,7H2,1-2H3,(H,18,19). The molecule has 1 heterocycles. The number of aryl methyl sites for hydroxylation is 2. The van der Waals surface area contributed by atoms with Gasteiger partial charge in [0.1, 0.15) is 4.90 Å². The first-order valence-corrected chi connectivity index (χ1v) is 8.24. The van der Waals surface area contributed by atoms with Crippen LogP contribution in [0.4, 0.5) is 0 Å². The van der Waals surface area contributed by atoms with Gasteiger partial charge in [-0.2, -0.15) is 0 Å². The van der Waals surface area contributed by atoms with Crippen LogP contribution in [0.1, 0.15) is 27.3 Å². The summed E-state index contributed by atoms with van der Waals surface area (Å²) in [6.07, 6.45) is 0. The van der Waals surface area contributed by atoms with E-state index >= 15 is 0 Å². The summed E-state index contributed by atoms with van der Waals surface area (Å²) in [6, 6.07) is 5.39. The lowest BCUT2D eigenvalue weighted by Gasteiger charge is -2.09.